The van der Waals surface area contributed by atoms with E-state index in [4.69, 9.17) is 0 Å². The molecule has 1 atom stereocenters. The number of carbonyl (C=O) groups excluding carboxylic acids is 2. The van der Waals surface area contributed by atoms with Gasteiger partial charge >= 0.3 is 0 Å². The number of benzene rings is 2. The van der Waals surface area contributed by atoms with Crippen LogP contribution in [0.2, 0.25) is 0 Å². The Morgan fingerprint density at radius 2 is 1.74 bits per heavy atom. The van der Waals surface area contributed by atoms with Gasteiger partial charge in [0.2, 0.25) is 11.8 Å². The number of carbonyl (C=O) groups is 2. The first-order chi connectivity index (χ1) is 12.5. The number of likely N-dealkylation sites (N-methyl/N-ethyl adjacent to an activating group) is 1. The van der Waals surface area contributed by atoms with Crippen LogP contribution in [0.5, 0.6) is 0 Å². The van der Waals surface area contributed by atoms with E-state index in [1.807, 2.05) is 61.5 Å². The maximum absolute atomic E-state index is 12.4. The molecule has 3 rings (SSSR count). The highest BCUT2D eigenvalue weighted by Crippen LogP contribution is 2.19. The van der Waals surface area contributed by atoms with Crippen molar-refractivity contribution < 1.29 is 9.59 Å². The molecule has 2 amide bonds. The summed E-state index contributed by atoms with van der Waals surface area (Å²) < 4.78 is 0. The third-order valence-corrected chi connectivity index (χ3v) is 5.03. The number of amides is 2. The van der Waals surface area contributed by atoms with Gasteiger partial charge in [0, 0.05) is 24.3 Å². The first-order valence-electron chi connectivity index (χ1n) is 8.96. The summed E-state index contributed by atoms with van der Waals surface area (Å²) in [4.78, 5) is 26.3. The van der Waals surface area contributed by atoms with Crippen LogP contribution in [0.1, 0.15) is 12.5 Å². The van der Waals surface area contributed by atoms with Crippen molar-refractivity contribution in [3.05, 3.63) is 60.2 Å². The van der Waals surface area contributed by atoms with Gasteiger partial charge in [0.1, 0.15) is 0 Å². The molecule has 1 unspecified atom stereocenters. The molecule has 1 heterocycles. The van der Waals surface area contributed by atoms with E-state index < -0.39 is 0 Å². The van der Waals surface area contributed by atoms with Crippen LogP contribution in [0.3, 0.4) is 0 Å². The van der Waals surface area contributed by atoms with Gasteiger partial charge in [-0.05, 0) is 48.8 Å². The number of rotatable bonds is 6. The molecule has 1 saturated heterocycles. The van der Waals surface area contributed by atoms with Gasteiger partial charge in [-0.25, -0.2) is 0 Å². The quantitative estimate of drug-likeness (QED) is 0.800. The molecule has 0 spiro atoms. The van der Waals surface area contributed by atoms with Crippen molar-refractivity contribution >= 4 is 35.6 Å². The Hall–Kier alpha value is -2.37. The lowest BCUT2D eigenvalue weighted by Gasteiger charge is -2.31. The standard InChI is InChI=1S/C21H25N3O2.ClH/c1-15(17-13-22-14-17)21(26)23-18-10-8-16(9-11-18)12-20(25)24(2)19-6-4-3-5-7-19;/h3-11,15,17,22H,12-14H2,1-2H3,(H,23,26);1H. The van der Waals surface area contributed by atoms with E-state index in [1.54, 1.807) is 11.9 Å². The molecule has 2 aromatic rings. The Kier molecular flexibility index (Phi) is 7.39. The summed E-state index contributed by atoms with van der Waals surface area (Å²) in [5.41, 5.74) is 2.56. The van der Waals surface area contributed by atoms with Crippen molar-refractivity contribution in [3.63, 3.8) is 0 Å². The van der Waals surface area contributed by atoms with Gasteiger partial charge in [0.15, 0.2) is 0 Å². The summed E-state index contributed by atoms with van der Waals surface area (Å²) >= 11 is 0. The predicted octanol–water partition coefficient (Wildman–Crippen LogP) is 3.11. The van der Waals surface area contributed by atoms with E-state index in [1.165, 1.54) is 0 Å². The maximum atomic E-state index is 12.4. The number of para-hydroxylation sites is 1. The Balaban J connectivity index is 0.00000261. The first-order valence-corrected chi connectivity index (χ1v) is 8.96. The van der Waals surface area contributed by atoms with E-state index in [-0.39, 0.29) is 30.1 Å². The van der Waals surface area contributed by atoms with Crippen LogP contribution >= 0.6 is 12.4 Å². The zero-order chi connectivity index (χ0) is 18.5. The minimum atomic E-state index is -0.00275. The molecular weight excluding hydrogens is 362 g/mol. The zero-order valence-electron chi connectivity index (χ0n) is 15.6. The summed E-state index contributed by atoms with van der Waals surface area (Å²) in [5.74, 6) is 0.487. The second-order valence-electron chi connectivity index (χ2n) is 6.86. The number of anilines is 2. The number of hydrogen-bond donors (Lipinski definition) is 2. The van der Waals surface area contributed by atoms with Crippen LogP contribution in [0, 0.1) is 11.8 Å². The van der Waals surface area contributed by atoms with Crippen LogP contribution < -0.4 is 15.5 Å². The van der Waals surface area contributed by atoms with Gasteiger partial charge in [-0.1, -0.05) is 37.3 Å². The Labute approximate surface area is 166 Å². The summed E-state index contributed by atoms with van der Waals surface area (Å²) in [7, 11) is 1.78. The molecule has 144 valence electrons. The van der Waals surface area contributed by atoms with Gasteiger partial charge < -0.3 is 15.5 Å². The van der Waals surface area contributed by atoms with Crippen molar-refractivity contribution in [3.8, 4) is 0 Å². The van der Waals surface area contributed by atoms with Crippen LogP contribution in [0.15, 0.2) is 54.6 Å². The number of hydrogen-bond acceptors (Lipinski definition) is 3. The third-order valence-electron chi connectivity index (χ3n) is 5.03. The molecule has 27 heavy (non-hydrogen) atoms. The molecule has 1 aliphatic rings. The molecule has 0 bridgehead atoms. The van der Waals surface area contributed by atoms with Crippen LogP contribution in [-0.4, -0.2) is 32.0 Å². The molecule has 1 aliphatic heterocycles. The highest BCUT2D eigenvalue weighted by Gasteiger charge is 2.28. The molecule has 0 aliphatic carbocycles. The van der Waals surface area contributed by atoms with Gasteiger partial charge in [-0.15, -0.1) is 12.4 Å². The highest BCUT2D eigenvalue weighted by molar-refractivity contribution is 5.95. The second-order valence-corrected chi connectivity index (χ2v) is 6.86. The zero-order valence-corrected chi connectivity index (χ0v) is 16.5. The normalized spacial score (nSPS) is 14.4. The van der Waals surface area contributed by atoms with E-state index in [9.17, 15) is 9.59 Å². The molecule has 1 fully saturated rings. The van der Waals surface area contributed by atoms with Crippen molar-refractivity contribution in [2.45, 2.75) is 13.3 Å². The fourth-order valence-electron chi connectivity index (χ4n) is 2.93. The van der Waals surface area contributed by atoms with Crippen LogP contribution in [0.25, 0.3) is 0 Å². The Morgan fingerprint density at radius 1 is 1.11 bits per heavy atom. The molecule has 0 saturated carbocycles. The molecule has 0 aromatic heterocycles. The van der Waals surface area contributed by atoms with Gasteiger partial charge in [0.05, 0.1) is 6.42 Å². The average Bonchev–Trinajstić information content (AvgIpc) is 2.62. The molecular formula is C21H26ClN3O2. The second kappa shape index (κ2) is 9.53. The fourth-order valence-corrected chi connectivity index (χ4v) is 2.93. The van der Waals surface area contributed by atoms with Gasteiger partial charge in [0.25, 0.3) is 0 Å². The van der Waals surface area contributed by atoms with E-state index in [2.05, 4.69) is 10.6 Å². The predicted molar refractivity (Wildman–Crippen MR) is 111 cm³/mol. The maximum Gasteiger partial charge on any atom is 0.231 e. The third kappa shape index (κ3) is 5.31. The SMILES string of the molecule is CC(C(=O)Nc1ccc(CC(=O)N(C)c2ccccc2)cc1)C1CNC1.Cl. The summed E-state index contributed by atoms with van der Waals surface area (Å²) in [6.07, 6.45) is 0.323. The fraction of sp³-hybridized carbons (Fsp3) is 0.333. The lowest BCUT2D eigenvalue weighted by atomic mass is 9.88. The molecule has 2 N–H and O–H groups in total. The van der Waals surface area contributed by atoms with E-state index in [0.29, 0.717) is 12.3 Å². The Bertz CT molecular complexity index is 761. The van der Waals surface area contributed by atoms with Gasteiger partial charge in [-0.3, -0.25) is 9.59 Å². The van der Waals surface area contributed by atoms with Crippen molar-refractivity contribution in [2.24, 2.45) is 11.8 Å². The smallest absolute Gasteiger partial charge is 0.231 e. The minimum absolute atomic E-state index is 0. The summed E-state index contributed by atoms with van der Waals surface area (Å²) in [6.45, 7) is 3.78. The van der Waals surface area contributed by atoms with Crippen molar-refractivity contribution in [1.29, 1.82) is 0 Å². The van der Waals surface area contributed by atoms with E-state index >= 15 is 0 Å². The van der Waals surface area contributed by atoms with E-state index in [0.717, 1.165) is 30.0 Å². The molecule has 0 radical (unpaired) electrons. The molecule has 5 nitrogen and oxygen atoms in total. The van der Waals surface area contributed by atoms with Crippen LogP contribution in [0.4, 0.5) is 11.4 Å². The molecule has 6 heteroatoms. The number of halogens is 1. The summed E-state index contributed by atoms with van der Waals surface area (Å²) in [5, 5.41) is 6.15. The van der Waals surface area contributed by atoms with Crippen LogP contribution in [-0.2, 0) is 16.0 Å². The molecule has 2 aromatic carbocycles. The van der Waals surface area contributed by atoms with Crippen molar-refractivity contribution in [2.75, 3.05) is 30.4 Å². The lowest BCUT2D eigenvalue weighted by Crippen LogP contribution is -2.48. The largest absolute Gasteiger partial charge is 0.326 e. The monoisotopic (exact) mass is 387 g/mol. The van der Waals surface area contributed by atoms with Crippen molar-refractivity contribution in [1.82, 2.24) is 5.32 Å². The summed E-state index contributed by atoms with van der Waals surface area (Å²) in [6, 6.07) is 17.1. The highest BCUT2D eigenvalue weighted by atomic mass is 35.5. The Morgan fingerprint density at radius 3 is 2.30 bits per heavy atom. The minimum Gasteiger partial charge on any atom is -0.326 e. The number of nitrogens with one attached hydrogen (secondary N) is 2. The first kappa shape index (κ1) is 20.9. The lowest BCUT2D eigenvalue weighted by molar-refractivity contribution is -0.121. The topological polar surface area (TPSA) is 61.4 Å². The van der Waals surface area contributed by atoms with Gasteiger partial charge in [-0.2, -0.15) is 0 Å². The average molecular weight is 388 g/mol. The number of nitrogens with zero attached hydrogens (tertiary/aromatic N) is 1.